The molecule has 2 aromatic carbocycles. The number of hydrogen-bond acceptors (Lipinski definition) is 2. The number of hydrogen-bond donors (Lipinski definition) is 1. The summed E-state index contributed by atoms with van der Waals surface area (Å²) < 4.78 is 5.96. The Morgan fingerprint density at radius 2 is 1.71 bits per heavy atom. The molecule has 3 nitrogen and oxygen atoms in total. The fourth-order valence-electron chi connectivity index (χ4n) is 7.46. The Morgan fingerprint density at radius 1 is 1.03 bits per heavy atom. The lowest BCUT2D eigenvalue weighted by Gasteiger charge is -2.57. The van der Waals surface area contributed by atoms with Crippen molar-refractivity contribution in [3.05, 3.63) is 82.9 Å². The molecule has 3 heteroatoms. The van der Waals surface area contributed by atoms with Crippen molar-refractivity contribution < 1.29 is 14.6 Å². The van der Waals surface area contributed by atoms with Crippen molar-refractivity contribution in [1.29, 1.82) is 0 Å². The molecule has 4 saturated carbocycles. The first-order valence-corrected chi connectivity index (χ1v) is 12.8. The quantitative estimate of drug-likeness (QED) is 0.420. The average molecular weight is 457 g/mol. The number of aryl methyl sites for hydroxylation is 1. The Labute approximate surface area is 203 Å². The van der Waals surface area contributed by atoms with E-state index < -0.39 is 5.97 Å². The topological polar surface area (TPSA) is 46.5 Å². The Bertz CT molecular complexity index is 1090. The van der Waals surface area contributed by atoms with Gasteiger partial charge < -0.3 is 9.84 Å². The van der Waals surface area contributed by atoms with Gasteiger partial charge in [0.1, 0.15) is 5.75 Å². The van der Waals surface area contributed by atoms with Crippen LogP contribution in [0, 0.1) is 17.8 Å². The number of carboxylic acids is 1. The van der Waals surface area contributed by atoms with Gasteiger partial charge >= 0.3 is 5.97 Å². The summed E-state index contributed by atoms with van der Waals surface area (Å²) >= 11 is 0. The zero-order valence-electron chi connectivity index (χ0n) is 20.4. The van der Waals surface area contributed by atoms with Gasteiger partial charge in [0, 0.05) is 5.56 Å². The number of carbonyl (C=O) groups is 1. The minimum absolute atomic E-state index is 0.318. The van der Waals surface area contributed by atoms with Crippen LogP contribution in [-0.2, 0) is 11.8 Å². The van der Waals surface area contributed by atoms with E-state index in [1.165, 1.54) is 49.7 Å². The second-order valence-electron chi connectivity index (χ2n) is 10.8. The standard InChI is InChI=1S/C31H36O3/c1-3-6-25(26-9-5-10-27(17-26)30(32)33)8-4-7-21-11-12-28(29(16-21)34-2)31-18-22-13-23(19-31)15-24(14-22)20-31/h3,5-6,8-12,16-17,22-24H,4,7,13-15,18-20H2,1-2H3,(H,32,33)/b6-3?,25-8-. The molecule has 4 aliphatic rings. The molecule has 4 bridgehead atoms. The van der Waals surface area contributed by atoms with Gasteiger partial charge in [-0.3, -0.25) is 0 Å². The minimum Gasteiger partial charge on any atom is -0.496 e. The van der Waals surface area contributed by atoms with Gasteiger partial charge in [-0.2, -0.15) is 0 Å². The summed E-state index contributed by atoms with van der Waals surface area (Å²) in [6.07, 6.45) is 16.5. The maximum atomic E-state index is 11.4. The lowest BCUT2D eigenvalue weighted by atomic mass is 9.48. The predicted molar refractivity (Wildman–Crippen MR) is 137 cm³/mol. The lowest BCUT2D eigenvalue weighted by molar-refractivity contribution is -0.00616. The molecule has 0 aliphatic heterocycles. The van der Waals surface area contributed by atoms with Crippen LogP contribution in [0.2, 0.25) is 0 Å². The first-order chi connectivity index (χ1) is 16.5. The maximum absolute atomic E-state index is 11.4. The van der Waals surface area contributed by atoms with E-state index in [-0.39, 0.29) is 0 Å². The van der Waals surface area contributed by atoms with Gasteiger partial charge in [-0.25, -0.2) is 4.79 Å². The second kappa shape index (κ2) is 9.44. The first-order valence-electron chi connectivity index (χ1n) is 12.8. The van der Waals surface area contributed by atoms with E-state index in [0.717, 1.165) is 47.5 Å². The van der Waals surface area contributed by atoms with Gasteiger partial charge in [-0.15, -0.1) is 0 Å². The summed E-state index contributed by atoms with van der Waals surface area (Å²) in [5, 5.41) is 9.33. The van der Waals surface area contributed by atoms with Crippen LogP contribution >= 0.6 is 0 Å². The van der Waals surface area contributed by atoms with E-state index in [9.17, 15) is 9.90 Å². The molecule has 2 aromatic rings. The molecule has 4 fully saturated rings. The van der Waals surface area contributed by atoms with Crippen LogP contribution < -0.4 is 4.74 Å². The Kier molecular flexibility index (Phi) is 6.38. The zero-order valence-corrected chi connectivity index (χ0v) is 20.4. The maximum Gasteiger partial charge on any atom is 0.335 e. The molecule has 0 saturated heterocycles. The van der Waals surface area contributed by atoms with Crippen LogP contribution in [0.1, 0.15) is 78.9 Å². The highest BCUT2D eigenvalue weighted by molar-refractivity contribution is 5.89. The van der Waals surface area contributed by atoms with Crippen molar-refractivity contribution in [2.24, 2.45) is 17.8 Å². The summed E-state index contributed by atoms with van der Waals surface area (Å²) in [7, 11) is 1.82. The Balaban J connectivity index is 1.34. The number of benzene rings is 2. The molecule has 0 spiro atoms. The third-order valence-electron chi connectivity index (χ3n) is 8.46. The van der Waals surface area contributed by atoms with Crippen molar-refractivity contribution in [3.8, 4) is 5.75 Å². The number of rotatable bonds is 8. The van der Waals surface area contributed by atoms with Crippen molar-refractivity contribution in [2.75, 3.05) is 7.11 Å². The van der Waals surface area contributed by atoms with Crippen LogP contribution in [-0.4, -0.2) is 18.2 Å². The third-order valence-corrected chi connectivity index (χ3v) is 8.46. The fourth-order valence-corrected chi connectivity index (χ4v) is 7.46. The molecular formula is C31H36O3. The van der Waals surface area contributed by atoms with Gasteiger partial charge in [0.2, 0.25) is 0 Å². The summed E-state index contributed by atoms with van der Waals surface area (Å²) in [5.74, 6) is 2.94. The van der Waals surface area contributed by atoms with Crippen molar-refractivity contribution >= 4 is 11.5 Å². The molecule has 0 unspecified atom stereocenters. The van der Waals surface area contributed by atoms with Crippen LogP contribution in [0.3, 0.4) is 0 Å². The van der Waals surface area contributed by atoms with Crippen molar-refractivity contribution in [2.45, 2.75) is 63.7 Å². The van der Waals surface area contributed by atoms with Gasteiger partial charge in [0.05, 0.1) is 12.7 Å². The van der Waals surface area contributed by atoms with Crippen molar-refractivity contribution in [3.63, 3.8) is 0 Å². The van der Waals surface area contributed by atoms with Gasteiger partial charge in [-0.1, -0.05) is 42.5 Å². The smallest absolute Gasteiger partial charge is 0.335 e. The molecule has 0 radical (unpaired) electrons. The van der Waals surface area contributed by atoms with E-state index in [0.29, 0.717) is 11.0 Å². The summed E-state index contributed by atoms with van der Waals surface area (Å²) in [6, 6.07) is 14.1. The van der Waals surface area contributed by atoms with Gasteiger partial charge in [0.25, 0.3) is 0 Å². The summed E-state index contributed by atoms with van der Waals surface area (Å²) in [4.78, 5) is 11.4. The summed E-state index contributed by atoms with van der Waals surface area (Å²) in [6.45, 7) is 1.99. The zero-order chi connectivity index (χ0) is 23.7. The molecule has 6 rings (SSSR count). The number of carboxylic acid groups (broad SMARTS) is 1. The molecule has 4 aliphatic carbocycles. The molecule has 178 valence electrons. The van der Waals surface area contributed by atoms with Crippen LogP contribution in [0.15, 0.2) is 60.7 Å². The van der Waals surface area contributed by atoms with Crippen LogP contribution in [0.4, 0.5) is 0 Å². The molecule has 34 heavy (non-hydrogen) atoms. The monoisotopic (exact) mass is 456 g/mol. The number of methoxy groups -OCH3 is 1. The summed E-state index contributed by atoms with van der Waals surface area (Å²) in [5.41, 5.74) is 5.40. The number of aromatic carboxylic acids is 1. The Morgan fingerprint density at radius 3 is 2.32 bits per heavy atom. The minimum atomic E-state index is -0.895. The van der Waals surface area contributed by atoms with E-state index >= 15 is 0 Å². The van der Waals surface area contributed by atoms with Gasteiger partial charge in [-0.05, 0) is 116 Å². The van der Waals surface area contributed by atoms with E-state index in [4.69, 9.17) is 4.74 Å². The SMILES string of the molecule is CC=C/C(=C/CCc1ccc(C23CC4CC(CC(C4)C2)C3)c(OC)c1)c1cccc(C(=O)O)c1. The highest BCUT2D eigenvalue weighted by Crippen LogP contribution is 2.61. The normalized spacial score (nSPS) is 27.9. The third kappa shape index (κ3) is 4.45. The van der Waals surface area contributed by atoms with Gasteiger partial charge in [0.15, 0.2) is 0 Å². The highest BCUT2D eigenvalue weighted by atomic mass is 16.5. The molecular weight excluding hydrogens is 420 g/mol. The lowest BCUT2D eigenvalue weighted by Crippen LogP contribution is -2.48. The predicted octanol–water partition coefficient (Wildman–Crippen LogP) is 7.45. The van der Waals surface area contributed by atoms with E-state index in [1.807, 2.05) is 32.2 Å². The van der Waals surface area contributed by atoms with Crippen molar-refractivity contribution in [1.82, 2.24) is 0 Å². The average Bonchev–Trinajstić information content (AvgIpc) is 2.82. The number of allylic oxidation sites excluding steroid dienone is 4. The molecule has 0 atom stereocenters. The van der Waals surface area contributed by atoms with E-state index in [1.54, 1.807) is 12.1 Å². The molecule has 0 aromatic heterocycles. The highest BCUT2D eigenvalue weighted by Gasteiger charge is 2.52. The molecule has 0 heterocycles. The largest absolute Gasteiger partial charge is 0.496 e. The fraction of sp³-hybridized carbons (Fsp3) is 0.452. The van der Waals surface area contributed by atoms with Crippen LogP contribution in [0.5, 0.6) is 5.75 Å². The first kappa shape index (κ1) is 23.0. The molecule has 1 N–H and O–H groups in total. The second-order valence-corrected chi connectivity index (χ2v) is 10.8. The van der Waals surface area contributed by atoms with E-state index in [2.05, 4.69) is 30.4 Å². The Hall–Kier alpha value is -2.81. The number of ether oxygens (including phenoxy) is 1. The van der Waals surface area contributed by atoms with Crippen LogP contribution in [0.25, 0.3) is 5.57 Å². The molecule has 0 amide bonds.